The predicted molar refractivity (Wildman–Crippen MR) is 125 cm³/mol. The summed E-state index contributed by atoms with van der Waals surface area (Å²) < 4.78 is 26.9. The van der Waals surface area contributed by atoms with E-state index in [1.807, 2.05) is 0 Å². The van der Waals surface area contributed by atoms with Crippen LogP contribution in [0.25, 0.3) is 0 Å². The second-order valence-electron chi connectivity index (χ2n) is 9.65. The number of alkyl carbamates (subject to hydrolysis) is 1. The highest BCUT2D eigenvalue weighted by Crippen LogP contribution is 2.36. The highest BCUT2D eigenvalue weighted by Gasteiger charge is 2.47. The van der Waals surface area contributed by atoms with Gasteiger partial charge in [0.05, 0.1) is 25.0 Å². The average molecular weight is 532 g/mol. The summed E-state index contributed by atoms with van der Waals surface area (Å²) in [6, 6.07) is 0. The van der Waals surface area contributed by atoms with Crippen LogP contribution in [-0.2, 0) is 33.3 Å². The minimum absolute atomic E-state index is 0.0245. The Morgan fingerprint density at radius 3 is 2.46 bits per heavy atom. The SMILES string of the molecule is C=C[C@H]1[C@H](O[C@@H]2O[C@H](CO)[C@@H](O)[C@H](O)[C@H]2O)OC=C(C(=O)OCCCNC(=O)OC(C)(C)C)[C@H]1CC=O. The van der Waals surface area contributed by atoms with Gasteiger partial charge in [0.2, 0.25) is 6.29 Å². The van der Waals surface area contributed by atoms with Crippen molar-refractivity contribution in [3.05, 3.63) is 24.5 Å². The molecule has 0 aromatic rings. The standard InChI is InChI=1S/C24H37NO12/c1-5-13-14(7-9-26)15(20(31)33-10-6-8-25-23(32)37-24(2,3)4)12-34-21(13)36-22-19(30)18(29)17(28)16(11-27)35-22/h5,9,12-14,16-19,21-22,27-30H,1,6-8,10-11H2,2-4H3,(H,25,32)/t13-,14+,16-,17-,18+,19-,21+,22+/m1/s1. The van der Waals surface area contributed by atoms with Crippen LogP contribution >= 0.6 is 0 Å². The van der Waals surface area contributed by atoms with Crippen LogP contribution in [-0.4, -0.2) is 101 Å². The molecule has 2 aliphatic rings. The van der Waals surface area contributed by atoms with Gasteiger partial charge in [0.1, 0.15) is 36.3 Å². The molecule has 0 aromatic carbocycles. The van der Waals surface area contributed by atoms with E-state index in [4.69, 9.17) is 23.7 Å². The smallest absolute Gasteiger partial charge is 0.407 e. The summed E-state index contributed by atoms with van der Waals surface area (Å²) in [4.78, 5) is 35.8. The molecule has 2 aliphatic heterocycles. The molecule has 37 heavy (non-hydrogen) atoms. The maximum absolute atomic E-state index is 12.7. The second-order valence-corrected chi connectivity index (χ2v) is 9.65. The molecule has 0 saturated carbocycles. The molecule has 0 aromatic heterocycles. The third-order valence-electron chi connectivity index (χ3n) is 5.70. The summed E-state index contributed by atoms with van der Waals surface area (Å²) in [5.74, 6) is -2.24. The number of aliphatic hydroxyl groups is 4. The Morgan fingerprint density at radius 2 is 1.86 bits per heavy atom. The van der Waals surface area contributed by atoms with Crippen LogP contribution in [0.15, 0.2) is 24.5 Å². The van der Waals surface area contributed by atoms with Crippen molar-refractivity contribution >= 4 is 18.3 Å². The minimum atomic E-state index is -1.67. The molecule has 0 aliphatic carbocycles. The Balaban J connectivity index is 1.99. The predicted octanol–water partition coefficient (Wildman–Crippen LogP) is -0.491. The molecule has 2 rings (SSSR count). The van der Waals surface area contributed by atoms with Gasteiger partial charge in [-0.25, -0.2) is 9.59 Å². The summed E-state index contributed by atoms with van der Waals surface area (Å²) >= 11 is 0. The summed E-state index contributed by atoms with van der Waals surface area (Å²) in [6.07, 6.45) is -6.01. The van der Waals surface area contributed by atoms with Gasteiger partial charge in [0, 0.05) is 24.8 Å². The van der Waals surface area contributed by atoms with Gasteiger partial charge in [0.25, 0.3) is 0 Å². The molecule has 2 heterocycles. The molecule has 0 spiro atoms. The fraction of sp³-hybridized carbons (Fsp3) is 0.708. The Kier molecular flexibility index (Phi) is 11.5. The van der Waals surface area contributed by atoms with Crippen molar-refractivity contribution in [2.75, 3.05) is 19.8 Å². The van der Waals surface area contributed by atoms with Crippen molar-refractivity contribution in [3.63, 3.8) is 0 Å². The molecular formula is C24H37NO12. The normalized spacial score (nSPS) is 31.9. The first-order valence-electron chi connectivity index (χ1n) is 11.9. The molecule has 0 bridgehead atoms. The number of carbonyl (C=O) groups excluding carboxylic acids is 3. The number of nitrogens with one attached hydrogen (secondary N) is 1. The van der Waals surface area contributed by atoms with Gasteiger partial charge in [-0.3, -0.25) is 0 Å². The van der Waals surface area contributed by atoms with E-state index in [9.17, 15) is 34.8 Å². The molecule has 8 atom stereocenters. The zero-order valence-corrected chi connectivity index (χ0v) is 21.1. The van der Waals surface area contributed by atoms with Crippen LogP contribution in [0.5, 0.6) is 0 Å². The quantitative estimate of drug-likeness (QED) is 0.0996. The number of aliphatic hydroxyl groups excluding tert-OH is 4. The largest absolute Gasteiger partial charge is 0.471 e. The van der Waals surface area contributed by atoms with E-state index in [0.717, 1.165) is 6.26 Å². The Labute approximate surface area is 215 Å². The Morgan fingerprint density at radius 1 is 1.16 bits per heavy atom. The molecule has 1 amide bonds. The van der Waals surface area contributed by atoms with Crippen LogP contribution in [0.2, 0.25) is 0 Å². The lowest BCUT2D eigenvalue weighted by molar-refractivity contribution is -0.339. The topological polar surface area (TPSA) is 190 Å². The van der Waals surface area contributed by atoms with Gasteiger partial charge in [-0.05, 0) is 27.2 Å². The van der Waals surface area contributed by atoms with Crippen LogP contribution in [0.1, 0.15) is 33.6 Å². The lowest BCUT2D eigenvalue weighted by Gasteiger charge is -2.42. The Bertz CT molecular complexity index is 823. The second kappa shape index (κ2) is 13.8. The first kappa shape index (κ1) is 30.7. The van der Waals surface area contributed by atoms with Gasteiger partial charge in [-0.15, -0.1) is 6.58 Å². The first-order valence-corrected chi connectivity index (χ1v) is 11.9. The van der Waals surface area contributed by atoms with E-state index in [-0.39, 0.29) is 25.1 Å². The molecule has 5 N–H and O–H groups in total. The zero-order valence-electron chi connectivity index (χ0n) is 21.1. The van der Waals surface area contributed by atoms with Crippen LogP contribution in [0, 0.1) is 11.8 Å². The van der Waals surface area contributed by atoms with Crippen LogP contribution < -0.4 is 5.32 Å². The fourth-order valence-electron chi connectivity index (χ4n) is 3.84. The van der Waals surface area contributed by atoms with E-state index in [1.54, 1.807) is 20.8 Å². The number of carbonyl (C=O) groups is 3. The van der Waals surface area contributed by atoms with Gasteiger partial charge in [-0.1, -0.05) is 6.08 Å². The maximum Gasteiger partial charge on any atom is 0.407 e. The number of hydrogen-bond acceptors (Lipinski definition) is 12. The van der Waals surface area contributed by atoms with Gasteiger partial charge < -0.3 is 54.2 Å². The number of rotatable bonds is 11. The van der Waals surface area contributed by atoms with Crippen LogP contribution in [0.3, 0.4) is 0 Å². The van der Waals surface area contributed by atoms with E-state index in [2.05, 4.69) is 11.9 Å². The molecule has 210 valence electrons. The van der Waals surface area contributed by atoms with Gasteiger partial charge >= 0.3 is 12.1 Å². The van der Waals surface area contributed by atoms with Crippen molar-refractivity contribution in [1.29, 1.82) is 0 Å². The van der Waals surface area contributed by atoms with E-state index in [1.165, 1.54) is 6.08 Å². The van der Waals surface area contributed by atoms with Crippen molar-refractivity contribution in [3.8, 4) is 0 Å². The highest BCUT2D eigenvalue weighted by atomic mass is 16.8. The molecule has 1 saturated heterocycles. The lowest BCUT2D eigenvalue weighted by Crippen LogP contribution is -2.60. The van der Waals surface area contributed by atoms with Gasteiger partial charge in [0.15, 0.2) is 6.29 Å². The Hall–Kier alpha value is -2.55. The van der Waals surface area contributed by atoms with Crippen molar-refractivity contribution < 1.29 is 58.5 Å². The zero-order chi connectivity index (χ0) is 27.8. The van der Waals surface area contributed by atoms with Crippen molar-refractivity contribution in [2.45, 2.75) is 76.2 Å². The highest BCUT2D eigenvalue weighted by molar-refractivity contribution is 5.89. The molecule has 13 nitrogen and oxygen atoms in total. The van der Waals surface area contributed by atoms with E-state index in [0.29, 0.717) is 12.7 Å². The fourth-order valence-corrected chi connectivity index (χ4v) is 3.84. The number of amides is 1. The lowest BCUT2D eigenvalue weighted by atomic mass is 9.82. The third kappa shape index (κ3) is 8.48. The first-order chi connectivity index (χ1) is 17.4. The molecule has 13 heteroatoms. The summed E-state index contributed by atoms with van der Waals surface area (Å²) in [6.45, 7) is 8.47. The molecular weight excluding hydrogens is 494 g/mol. The maximum atomic E-state index is 12.7. The van der Waals surface area contributed by atoms with Crippen molar-refractivity contribution in [2.24, 2.45) is 11.8 Å². The summed E-state index contributed by atoms with van der Waals surface area (Å²) in [7, 11) is 0. The van der Waals surface area contributed by atoms with Crippen LogP contribution in [0.4, 0.5) is 4.79 Å². The number of ether oxygens (including phenoxy) is 5. The van der Waals surface area contributed by atoms with Crippen molar-refractivity contribution in [1.82, 2.24) is 5.32 Å². The molecule has 0 radical (unpaired) electrons. The number of esters is 1. The number of aldehydes is 1. The minimum Gasteiger partial charge on any atom is -0.471 e. The summed E-state index contributed by atoms with van der Waals surface area (Å²) in [5, 5.41) is 42.1. The molecule has 1 fully saturated rings. The average Bonchev–Trinajstić information content (AvgIpc) is 2.83. The summed E-state index contributed by atoms with van der Waals surface area (Å²) in [5.41, 5.74) is -0.574. The molecule has 0 unspecified atom stereocenters. The van der Waals surface area contributed by atoms with E-state index >= 15 is 0 Å². The third-order valence-corrected chi connectivity index (χ3v) is 5.70. The van der Waals surface area contributed by atoms with E-state index < -0.39 is 73.1 Å². The van der Waals surface area contributed by atoms with Gasteiger partial charge in [-0.2, -0.15) is 0 Å². The number of hydrogen-bond donors (Lipinski definition) is 5. The monoisotopic (exact) mass is 531 g/mol.